The van der Waals surface area contributed by atoms with Gasteiger partial charge in [0.1, 0.15) is 5.01 Å². The van der Waals surface area contributed by atoms with Gasteiger partial charge < -0.3 is 5.32 Å². The Morgan fingerprint density at radius 3 is 2.35 bits per heavy atom. The maximum atomic E-state index is 10.9. The molecular weight excluding hydrogens is 304 g/mol. The first-order valence-corrected chi connectivity index (χ1v) is 8.36. The van der Waals surface area contributed by atoms with Crippen LogP contribution in [-0.2, 0) is 11.3 Å². The summed E-state index contributed by atoms with van der Waals surface area (Å²) in [5, 5.41) is 5.89. The zero-order valence-electron chi connectivity index (χ0n) is 13.2. The number of thiazole rings is 1. The van der Waals surface area contributed by atoms with Crippen molar-refractivity contribution in [2.75, 3.05) is 0 Å². The van der Waals surface area contributed by atoms with E-state index < -0.39 is 0 Å². The van der Waals surface area contributed by atoms with Gasteiger partial charge in [0.15, 0.2) is 0 Å². The first kappa shape index (κ1) is 15.4. The first-order chi connectivity index (χ1) is 11.1. The van der Waals surface area contributed by atoms with Crippen LogP contribution >= 0.6 is 11.3 Å². The normalized spacial score (nSPS) is 10.5. The molecule has 2 aromatic carbocycles. The SMILES string of the molecule is CC(=O)NCc1ccc(-c2nc(-c3ccc(C)cc3)cs2)cc1. The van der Waals surface area contributed by atoms with E-state index in [0.717, 1.165) is 27.4 Å². The summed E-state index contributed by atoms with van der Waals surface area (Å²) >= 11 is 1.64. The number of benzene rings is 2. The van der Waals surface area contributed by atoms with Gasteiger partial charge in [-0.3, -0.25) is 4.79 Å². The molecule has 0 bridgehead atoms. The van der Waals surface area contributed by atoms with Crippen LogP contribution < -0.4 is 5.32 Å². The molecule has 23 heavy (non-hydrogen) atoms. The lowest BCUT2D eigenvalue weighted by molar-refractivity contribution is -0.119. The number of aromatic nitrogens is 1. The van der Waals surface area contributed by atoms with E-state index in [-0.39, 0.29) is 5.91 Å². The molecule has 3 nitrogen and oxygen atoms in total. The third-order valence-corrected chi connectivity index (χ3v) is 4.49. The maximum absolute atomic E-state index is 10.9. The van der Waals surface area contributed by atoms with E-state index in [1.54, 1.807) is 11.3 Å². The lowest BCUT2D eigenvalue weighted by Gasteiger charge is -2.03. The summed E-state index contributed by atoms with van der Waals surface area (Å²) in [5.74, 6) is -0.0169. The highest BCUT2D eigenvalue weighted by Gasteiger charge is 2.07. The first-order valence-electron chi connectivity index (χ1n) is 7.48. The third-order valence-electron chi connectivity index (χ3n) is 3.59. The Hall–Kier alpha value is -2.46. The van der Waals surface area contributed by atoms with Crippen LogP contribution in [0.25, 0.3) is 21.8 Å². The summed E-state index contributed by atoms with van der Waals surface area (Å²) in [6, 6.07) is 16.6. The molecule has 0 radical (unpaired) electrons. The fourth-order valence-electron chi connectivity index (χ4n) is 2.25. The molecule has 0 aliphatic rings. The van der Waals surface area contributed by atoms with Gasteiger partial charge in [0.25, 0.3) is 0 Å². The predicted molar refractivity (Wildman–Crippen MR) is 95.2 cm³/mol. The second kappa shape index (κ2) is 6.75. The molecule has 3 aromatic rings. The second-order valence-electron chi connectivity index (χ2n) is 5.51. The largest absolute Gasteiger partial charge is 0.352 e. The summed E-state index contributed by atoms with van der Waals surface area (Å²) in [6.07, 6.45) is 0. The van der Waals surface area contributed by atoms with Gasteiger partial charge in [-0.2, -0.15) is 0 Å². The van der Waals surface area contributed by atoms with E-state index in [4.69, 9.17) is 4.98 Å². The van der Waals surface area contributed by atoms with Gasteiger partial charge in [0, 0.05) is 30.0 Å². The van der Waals surface area contributed by atoms with Crippen molar-refractivity contribution >= 4 is 17.2 Å². The van der Waals surface area contributed by atoms with Crippen molar-refractivity contribution in [2.24, 2.45) is 0 Å². The minimum Gasteiger partial charge on any atom is -0.352 e. The van der Waals surface area contributed by atoms with Gasteiger partial charge >= 0.3 is 0 Å². The molecule has 1 heterocycles. The number of carbonyl (C=O) groups is 1. The molecule has 3 rings (SSSR count). The lowest BCUT2D eigenvalue weighted by atomic mass is 10.1. The predicted octanol–water partition coefficient (Wildman–Crippen LogP) is 4.42. The van der Waals surface area contributed by atoms with Crippen molar-refractivity contribution in [3.63, 3.8) is 0 Å². The number of hydrogen-bond donors (Lipinski definition) is 1. The van der Waals surface area contributed by atoms with Gasteiger partial charge in [-0.1, -0.05) is 54.1 Å². The van der Waals surface area contributed by atoms with Gasteiger partial charge in [0.2, 0.25) is 5.91 Å². The Balaban J connectivity index is 1.77. The molecule has 0 unspecified atom stereocenters. The molecule has 116 valence electrons. The Morgan fingerprint density at radius 2 is 1.70 bits per heavy atom. The van der Waals surface area contributed by atoms with Crippen LogP contribution in [-0.4, -0.2) is 10.9 Å². The molecule has 0 fully saturated rings. The monoisotopic (exact) mass is 322 g/mol. The number of rotatable bonds is 4. The van der Waals surface area contributed by atoms with Gasteiger partial charge in [-0.05, 0) is 12.5 Å². The molecule has 0 aliphatic heterocycles. The number of hydrogen-bond acceptors (Lipinski definition) is 3. The lowest BCUT2D eigenvalue weighted by Crippen LogP contribution is -2.18. The molecule has 0 aliphatic carbocycles. The summed E-state index contributed by atoms with van der Waals surface area (Å²) in [4.78, 5) is 15.7. The molecule has 1 aromatic heterocycles. The third kappa shape index (κ3) is 3.85. The molecular formula is C19H18N2OS. The van der Waals surface area contributed by atoms with Gasteiger partial charge in [-0.15, -0.1) is 11.3 Å². The number of nitrogens with one attached hydrogen (secondary N) is 1. The molecule has 0 saturated heterocycles. The van der Waals surface area contributed by atoms with Crippen molar-refractivity contribution in [3.8, 4) is 21.8 Å². The van der Waals surface area contributed by atoms with Crippen LogP contribution in [0.2, 0.25) is 0 Å². The van der Waals surface area contributed by atoms with Crippen molar-refractivity contribution < 1.29 is 4.79 Å². The van der Waals surface area contributed by atoms with Gasteiger partial charge in [-0.25, -0.2) is 4.98 Å². The summed E-state index contributed by atoms with van der Waals surface area (Å²) in [5.41, 5.74) is 5.57. The van der Waals surface area contributed by atoms with E-state index in [9.17, 15) is 4.79 Å². The summed E-state index contributed by atoms with van der Waals surface area (Å²) in [6.45, 7) is 4.16. The number of carbonyl (C=O) groups excluding carboxylic acids is 1. The average Bonchev–Trinajstić information content (AvgIpc) is 3.04. The molecule has 0 saturated carbocycles. The van der Waals surface area contributed by atoms with Crippen molar-refractivity contribution in [1.82, 2.24) is 10.3 Å². The minimum absolute atomic E-state index is 0.0169. The molecule has 1 N–H and O–H groups in total. The number of aryl methyl sites for hydroxylation is 1. The fourth-order valence-corrected chi connectivity index (χ4v) is 3.09. The standard InChI is InChI=1S/C19H18N2OS/c1-13-3-7-16(8-4-13)18-12-23-19(21-18)17-9-5-15(6-10-17)11-20-14(2)22/h3-10,12H,11H2,1-2H3,(H,20,22). The fraction of sp³-hybridized carbons (Fsp3) is 0.158. The quantitative estimate of drug-likeness (QED) is 0.772. The van der Waals surface area contributed by atoms with E-state index in [1.807, 2.05) is 12.1 Å². The summed E-state index contributed by atoms with van der Waals surface area (Å²) < 4.78 is 0. The minimum atomic E-state index is -0.0169. The highest BCUT2D eigenvalue weighted by Crippen LogP contribution is 2.29. The van der Waals surface area contributed by atoms with E-state index in [0.29, 0.717) is 6.54 Å². The Labute approximate surface area is 140 Å². The zero-order valence-corrected chi connectivity index (χ0v) is 14.0. The molecule has 0 spiro atoms. The van der Waals surface area contributed by atoms with Gasteiger partial charge in [0.05, 0.1) is 5.69 Å². The van der Waals surface area contributed by atoms with Crippen LogP contribution in [0.15, 0.2) is 53.9 Å². The highest BCUT2D eigenvalue weighted by molar-refractivity contribution is 7.13. The Morgan fingerprint density at radius 1 is 1.04 bits per heavy atom. The van der Waals surface area contributed by atoms with Crippen LogP contribution in [0.5, 0.6) is 0 Å². The highest BCUT2D eigenvalue weighted by atomic mass is 32.1. The average molecular weight is 322 g/mol. The van der Waals surface area contributed by atoms with Crippen LogP contribution in [0, 0.1) is 6.92 Å². The number of nitrogens with zero attached hydrogens (tertiary/aromatic N) is 1. The van der Waals surface area contributed by atoms with Crippen molar-refractivity contribution in [2.45, 2.75) is 20.4 Å². The maximum Gasteiger partial charge on any atom is 0.217 e. The molecule has 0 atom stereocenters. The molecule has 1 amide bonds. The van der Waals surface area contributed by atoms with Crippen LogP contribution in [0.1, 0.15) is 18.1 Å². The van der Waals surface area contributed by atoms with Crippen LogP contribution in [0.3, 0.4) is 0 Å². The van der Waals surface area contributed by atoms with E-state index in [1.165, 1.54) is 12.5 Å². The van der Waals surface area contributed by atoms with E-state index >= 15 is 0 Å². The smallest absolute Gasteiger partial charge is 0.217 e. The second-order valence-corrected chi connectivity index (χ2v) is 6.37. The molecule has 4 heteroatoms. The van der Waals surface area contributed by atoms with Crippen molar-refractivity contribution in [3.05, 3.63) is 65.0 Å². The van der Waals surface area contributed by atoms with Crippen LogP contribution in [0.4, 0.5) is 0 Å². The topological polar surface area (TPSA) is 42.0 Å². The number of amides is 1. The van der Waals surface area contributed by atoms with E-state index in [2.05, 4.69) is 54.0 Å². The summed E-state index contributed by atoms with van der Waals surface area (Å²) in [7, 11) is 0. The Kier molecular flexibility index (Phi) is 4.53. The zero-order chi connectivity index (χ0) is 16.2. The Bertz CT molecular complexity index is 804. The van der Waals surface area contributed by atoms with Crippen molar-refractivity contribution in [1.29, 1.82) is 0 Å².